The zero-order chi connectivity index (χ0) is 22.1. The Morgan fingerprint density at radius 3 is 2.44 bits per heavy atom. The van der Waals surface area contributed by atoms with Crippen LogP contribution in [0, 0.1) is 0 Å². The molecular formula is C24H26N4O4. The van der Waals surface area contributed by atoms with E-state index in [9.17, 15) is 9.59 Å². The molecule has 3 aromatic rings. The summed E-state index contributed by atoms with van der Waals surface area (Å²) in [6.45, 7) is 4.47. The Morgan fingerprint density at radius 2 is 1.66 bits per heavy atom. The van der Waals surface area contributed by atoms with Crippen molar-refractivity contribution in [2.45, 2.75) is 26.0 Å². The number of hydrogen-bond donors (Lipinski definition) is 0. The number of imidazole rings is 1. The van der Waals surface area contributed by atoms with Gasteiger partial charge in [0.1, 0.15) is 19.0 Å². The van der Waals surface area contributed by atoms with Crippen molar-refractivity contribution in [1.29, 1.82) is 0 Å². The van der Waals surface area contributed by atoms with E-state index in [1.165, 1.54) is 0 Å². The molecule has 2 amide bonds. The summed E-state index contributed by atoms with van der Waals surface area (Å²) in [5.41, 5.74) is 1.88. The van der Waals surface area contributed by atoms with Crippen LogP contribution in [0.5, 0.6) is 11.5 Å². The van der Waals surface area contributed by atoms with Crippen LogP contribution in [0.2, 0.25) is 0 Å². The second-order valence-corrected chi connectivity index (χ2v) is 8.03. The zero-order valence-corrected chi connectivity index (χ0v) is 18.1. The number of carbonyl (C=O) groups is 2. The van der Waals surface area contributed by atoms with Gasteiger partial charge in [-0.25, -0.2) is 4.98 Å². The molecule has 5 rings (SSSR count). The summed E-state index contributed by atoms with van der Waals surface area (Å²) in [6.07, 6.45) is 0.105. The SMILES string of the molecule is CCc1nc2ccccc2n1CC(=O)N1CCN(C(=O)[C@@H]2COc3ccccc3O2)CC1. The van der Waals surface area contributed by atoms with Crippen LogP contribution < -0.4 is 9.47 Å². The summed E-state index contributed by atoms with van der Waals surface area (Å²) in [4.78, 5) is 34.2. The van der Waals surface area contributed by atoms with E-state index in [0.717, 1.165) is 23.3 Å². The summed E-state index contributed by atoms with van der Waals surface area (Å²) in [5, 5.41) is 0. The van der Waals surface area contributed by atoms with E-state index < -0.39 is 6.10 Å². The van der Waals surface area contributed by atoms with Gasteiger partial charge in [0.15, 0.2) is 11.5 Å². The van der Waals surface area contributed by atoms with E-state index in [2.05, 4.69) is 4.98 Å². The molecule has 0 radical (unpaired) electrons. The number of piperazine rings is 1. The number of benzene rings is 2. The Balaban J connectivity index is 1.20. The van der Waals surface area contributed by atoms with Gasteiger partial charge < -0.3 is 23.8 Å². The van der Waals surface area contributed by atoms with Crippen LogP contribution >= 0.6 is 0 Å². The Hall–Kier alpha value is -3.55. The van der Waals surface area contributed by atoms with E-state index in [0.29, 0.717) is 37.7 Å². The van der Waals surface area contributed by atoms with Gasteiger partial charge in [-0.1, -0.05) is 31.2 Å². The molecule has 3 heterocycles. The van der Waals surface area contributed by atoms with Crippen LogP contribution in [0.25, 0.3) is 11.0 Å². The third-order valence-corrected chi connectivity index (χ3v) is 6.07. The quantitative estimate of drug-likeness (QED) is 0.629. The van der Waals surface area contributed by atoms with E-state index in [1.54, 1.807) is 11.0 Å². The molecule has 1 fully saturated rings. The fourth-order valence-corrected chi connectivity index (χ4v) is 4.33. The predicted octanol–water partition coefficient (Wildman–Crippen LogP) is 2.11. The van der Waals surface area contributed by atoms with Crippen LogP contribution in [0.3, 0.4) is 0 Å². The first kappa shape index (κ1) is 20.4. The molecule has 32 heavy (non-hydrogen) atoms. The van der Waals surface area contributed by atoms with E-state index in [1.807, 2.05) is 58.9 Å². The molecule has 0 aliphatic carbocycles. The fourth-order valence-electron chi connectivity index (χ4n) is 4.33. The molecule has 0 saturated carbocycles. The van der Waals surface area contributed by atoms with E-state index >= 15 is 0 Å². The predicted molar refractivity (Wildman–Crippen MR) is 119 cm³/mol. The molecule has 166 valence electrons. The number of amides is 2. The topological polar surface area (TPSA) is 76.9 Å². The Labute approximate surface area is 186 Å². The summed E-state index contributed by atoms with van der Waals surface area (Å²) in [6, 6.07) is 15.2. The summed E-state index contributed by atoms with van der Waals surface area (Å²) in [7, 11) is 0. The van der Waals surface area contributed by atoms with Gasteiger partial charge in [-0.05, 0) is 24.3 Å². The molecule has 0 unspecified atom stereocenters. The molecule has 0 N–H and O–H groups in total. The van der Waals surface area contributed by atoms with Gasteiger partial charge in [0.25, 0.3) is 5.91 Å². The number of carbonyl (C=O) groups excluding carboxylic acids is 2. The Bertz CT molecular complexity index is 1150. The standard InChI is InChI=1S/C24H26N4O4/c1-2-22-25-17-7-3-4-8-18(17)28(22)15-23(29)26-11-13-27(14-12-26)24(30)21-16-31-19-9-5-6-10-20(19)32-21/h3-10,21H,2,11-16H2,1H3/t21-/m0/s1. The van der Waals surface area contributed by atoms with Gasteiger partial charge in [0.2, 0.25) is 12.0 Å². The average molecular weight is 434 g/mol. The fraction of sp³-hybridized carbons (Fsp3) is 0.375. The highest BCUT2D eigenvalue weighted by atomic mass is 16.6. The van der Waals surface area contributed by atoms with Crippen LogP contribution in [-0.4, -0.2) is 70.1 Å². The number of fused-ring (bicyclic) bond motifs is 2. The first-order chi connectivity index (χ1) is 15.6. The molecule has 2 aromatic carbocycles. The second kappa shape index (κ2) is 8.53. The third kappa shape index (κ3) is 3.77. The van der Waals surface area contributed by atoms with Gasteiger partial charge >= 0.3 is 0 Å². The molecule has 2 aliphatic rings. The lowest BCUT2D eigenvalue weighted by Gasteiger charge is -2.37. The van der Waals surface area contributed by atoms with Crippen molar-refractivity contribution in [3.05, 3.63) is 54.4 Å². The Morgan fingerprint density at radius 1 is 0.969 bits per heavy atom. The van der Waals surface area contributed by atoms with Crippen molar-refractivity contribution in [1.82, 2.24) is 19.4 Å². The summed E-state index contributed by atoms with van der Waals surface area (Å²) < 4.78 is 13.5. The molecule has 1 saturated heterocycles. The number of rotatable bonds is 4. The van der Waals surface area contributed by atoms with Gasteiger partial charge in [-0.15, -0.1) is 0 Å². The maximum absolute atomic E-state index is 13.0. The lowest BCUT2D eigenvalue weighted by atomic mass is 10.2. The number of hydrogen-bond acceptors (Lipinski definition) is 5. The minimum Gasteiger partial charge on any atom is -0.485 e. The molecule has 0 spiro atoms. The molecular weight excluding hydrogens is 408 g/mol. The molecule has 8 nitrogen and oxygen atoms in total. The van der Waals surface area contributed by atoms with Crippen LogP contribution in [0.1, 0.15) is 12.7 Å². The van der Waals surface area contributed by atoms with Crippen LogP contribution in [-0.2, 0) is 22.6 Å². The number of aryl methyl sites for hydroxylation is 1. The largest absolute Gasteiger partial charge is 0.485 e. The highest BCUT2D eigenvalue weighted by Crippen LogP contribution is 2.31. The minimum atomic E-state index is -0.656. The lowest BCUT2D eigenvalue weighted by Crippen LogP contribution is -2.55. The van der Waals surface area contributed by atoms with E-state index in [4.69, 9.17) is 9.47 Å². The number of para-hydroxylation sites is 4. The second-order valence-electron chi connectivity index (χ2n) is 8.03. The van der Waals surface area contributed by atoms with Gasteiger partial charge in [-0.3, -0.25) is 9.59 Å². The lowest BCUT2D eigenvalue weighted by molar-refractivity contribution is -0.146. The van der Waals surface area contributed by atoms with Crippen molar-refractivity contribution >= 4 is 22.8 Å². The van der Waals surface area contributed by atoms with Crippen LogP contribution in [0.4, 0.5) is 0 Å². The smallest absolute Gasteiger partial charge is 0.267 e. The van der Waals surface area contributed by atoms with Gasteiger partial charge in [0.05, 0.1) is 11.0 Å². The third-order valence-electron chi connectivity index (χ3n) is 6.07. The van der Waals surface area contributed by atoms with Crippen molar-refractivity contribution in [3.8, 4) is 11.5 Å². The van der Waals surface area contributed by atoms with Gasteiger partial charge in [-0.2, -0.15) is 0 Å². The maximum Gasteiger partial charge on any atom is 0.267 e. The van der Waals surface area contributed by atoms with Crippen molar-refractivity contribution < 1.29 is 19.1 Å². The highest BCUT2D eigenvalue weighted by molar-refractivity contribution is 5.83. The number of ether oxygens (including phenoxy) is 2. The summed E-state index contributed by atoms with van der Waals surface area (Å²) in [5.74, 6) is 2.10. The van der Waals surface area contributed by atoms with E-state index in [-0.39, 0.29) is 25.0 Å². The average Bonchev–Trinajstić information content (AvgIpc) is 3.20. The number of nitrogens with zero attached hydrogens (tertiary/aromatic N) is 4. The molecule has 2 aliphatic heterocycles. The number of aromatic nitrogens is 2. The minimum absolute atomic E-state index is 0.0427. The first-order valence-corrected chi connectivity index (χ1v) is 11.0. The van der Waals surface area contributed by atoms with Crippen molar-refractivity contribution in [2.75, 3.05) is 32.8 Å². The highest BCUT2D eigenvalue weighted by Gasteiger charge is 2.33. The monoisotopic (exact) mass is 434 g/mol. The van der Waals surface area contributed by atoms with Crippen LogP contribution in [0.15, 0.2) is 48.5 Å². The van der Waals surface area contributed by atoms with Crippen molar-refractivity contribution in [2.24, 2.45) is 0 Å². The molecule has 1 atom stereocenters. The van der Waals surface area contributed by atoms with Crippen molar-refractivity contribution in [3.63, 3.8) is 0 Å². The maximum atomic E-state index is 13.0. The molecule has 1 aromatic heterocycles. The molecule has 0 bridgehead atoms. The Kier molecular flexibility index (Phi) is 5.43. The zero-order valence-electron chi connectivity index (χ0n) is 18.1. The molecule has 8 heteroatoms. The first-order valence-electron chi connectivity index (χ1n) is 11.0. The summed E-state index contributed by atoms with van der Waals surface area (Å²) >= 11 is 0. The van der Waals surface area contributed by atoms with Gasteiger partial charge in [0, 0.05) is 32.6 Å². The normalized spacial score (nSPS) is 18.1.